The van der Waals surface area contributed by atoms with Crippen molar-refractivity contribution in [3.05, 3.63) is 34.9 Å². The van der Waals surface area contributed by atoms with Crippen molar-refractivity contribution in [2.45, 2.75) is 70.8 Å². The Bertz CT molecular complexity index is 752. The van der Waals surface area contributed by atoms with Crippen LogP contribution in [0.1, 0.15) is 73.9 Å². The molecule has 4 fully saturated rings. The number of carbonyl (C=O) groups excluding carboxylic acids is 2. The van der Waals surface area contributed by atoms with Crippen LogP contribution in [0.25, 0.3) is 0 Å². The van der Waals surface area contributed by atoms with Crippen LogP contribution in [0.15, 0.2) is 18.2 Å². The van der Waals surface area contributed by atoms with Crippen molar-refractivity contribution in [2.24, 2.45) is 17.3 Å². The summed E-state index contributed by atoms with van der Waals surface area (Å²) in [6, 6.07) is 5.99. The molecule has 1 N–H and O–H groups in total. The molecule has 27 heavy (non-hydrogen) atoms. The molecular formula is C23H30O4. The maximum absolute atomic E-state index is 13.0. The molecule has 0 amide bonds. The van der Waals surface area contributed by atoms with E-state index in [0.29, 0.717) is 23.8 Å². The Morgan fingerprint density at radius 3 is 2.41 bits per heavy atom. The third-order valence-corrected chi connectivity index (χ3v) is 7.06. The third kappa shape index (κ3) is 3.33. The zero-order valence-electron chi connectivity index (χ0n) is 16.4. The number of aryl methyl sites for hydroxylation is 2. The topological polar surface area (TPSA) is 63.6 Å². The van der Waals surface area contributed by atoms with Crippen LogP contribution in [0.2, 0.25) is 0 Å². The third-order valence-electron chi connectivity index (χ3n) is 7.06. The van der Waals surface area contributed by atoms with Gasteiger partial charge in [-0.15, -0.1) is 0 Å². The summed E-state index contributed by atoms with van der Waals surface area (Å²) in [5.41, 5.74) is 1.52. The van der Waals surface area contributed by atoms with Gasteiger partial charge in [0, 0.05) is 5.56 Å². The average Bonchev–Trinajstić information content (AvgIpc) is 2.63. The first-order valence-corrected chi connectivity index (χ1v) is 10.4. The summed E-state index contributed by atoms with van der Waals surface area (Å²) in [7, 11) is 0. The quantitative estimate of drug-likeness (QED) is 0.610. The number of carbonyl (C=O) groups is 2. The molecule has 4 nitrogen and oxygen atoms in total. The number of ketones is 1. The molecule has 4 atom stereocenters. The van der Waals surface area contributed by atoms with Gasteiger partial charge in [0.25, 0.3) is 0 Å². The van der Waals surface area contributed by atoms with E-state index in [1.807, 2.05) is 19.1 Å². The second-order valence-corrected chi connectivity index (χ2v) is 9.16. The molecule has 0 spiro atoms. The van der Waals surface area contributed by atoms with E-state index in [0.717, 1.165) is 56.1 Å². The highest BCUT2D eigenvalue weighted by Crippen LogP contribution is 2.61. The highest BCUT2D eigenvalue weighted by atomic mass is 16.5. The van der Waals surface area contributed by atoms with Crippen molar-refractivity contribution < 1.29 is 19.4 Å². The van der Waals surface area contributed by atoms with Gasteiger partial charge in [0.05, 0.1) is 11.0 Å². The average molecular weight is 370 g/mol. The Hall–Kier alpha value is -1.68. The first-order valence-electron chi connectivity index (χ1n) is 10.4. The standard InChI is InChI=1S/C23H30O4/c1-3-15-5-6-18(4-2)19(8-15)20(24)13-27-21(25)22-9-16-7-17(10-22)12-23(26,11-16)14-22/h5-6,8,16-17,26H,3-4,7,9-14H2,1-2H3/t16-,17+,22?,23?. The van der Waals surface area contributed by atoms with Gasteiger partial charge in [-0.05, 0) is 80.4 Å². The Labute approximate surface area is 161 Å². The van der Waals surface area contributed by atoms with Crippen molar-refractivity contribution in [1.82, 2.24) is 0 Å². The van der Waals surface area contributed by atoms with Gasteiger partial charge in [0.1, 0.15) is 0 Å². The summed E-state index contributed by atoms with van der Waals surface area (Å²) in [6.45, 7) is 3.89. The fraction of sp³-hybridized carbons (Fsp3) is 0.652. The van der Waals surface area contributed by atoms with E-state index in [4.69, 9.17) is 4.74 Å². The van der Waals surface area contributed by atoms with Gasteiger partial charge in [-0.1, -0.05) is 26.0 Å². The molecule has 4 aliphatic carbocycles. The zero-order chi connectivity index (χ0) is 19.2. The van der Waals surface area contributed by atoms with Crippen LogP contribution in [-0.2, 0) is 22.4 Å². The summed E-state index contributed by atoms with van der Waals surface area (Å²) in [6.07, 6.45) is 6.54. The molecule has 0 aliphatic heterocycles. The number of benzene rings is 1. The van der Waals surface area contributed by atoms with Gasteiger partial charge in [0.15, 0.2) is 6.61 Å². The van der Waals surface area contributed by atoms with Crippen molar-refractivity contribution in [2.75, 3.05) is 6.61 Å². The lowest BCUT2D eigenvalue weighted by Crippen LogP contribution is -2.58. The zero-order valence-corrected chi connectivity index (χ0v) is 16.4. The van der Waals surface area contributed by atoms with E-state index < -0.39 is 11.0 Å². The largest absolute Gasteiger partial charge is 0.457 e. The first kappa shape index (κ1) is 18.7. The van der Waals surface area contributed by atoms with Crippen molar-refractivity contribution in [3.63, 3.8) is 0 Å². The van der Waals surface area contributed by atoms with Gasteiger partial charge in [-0.3, -0.25) is 9.59 Å². The number of Topliss-reactive ketones (excluding diaryl/α,β-unsaturated/α-hetero) is 1. The minimum Gasteiger partial charge on any atom is -0.457 e. The fourth-order valence-corrected chi connectivity index (χ4v) is 6.23. The molecule has 146 valence electrons. The van der Waals surface area contributed by atoms with Crippen LogP contribution < -0.4 is 0 Å². The lowest BCUT2D eigenvalue weighted by atomic mass is 9.48. The Kier molecular flexibility index (Phi) is 4.66. The Morgan fingerprint density at radius 1 is 1.11 bits per heavy atom. The van der Waals surface area contributed by atoms with Gasteiger partial charge < -0.3 is 9.84 Å². The first-order chi connectivity index (χ1) is 12.9. The molecule has 2 unspecified atom stereocenters. The summed E-state index contributed by atoms with van der Waals surface area (Å²) in [4.78, 5) is 25.7. The molecule has 0 radical (unpaired) electrons. The number of rotatable bonds is 6. The Balaban J connectivity index is 1.46. The summed E-state index contributed by atoms with van der Waals surface area (Å²) in [5, 5.41) is 10.8. The summed E-state index contributed by atoms with van der Waals surface area (Å²) in [5.74, 6) is 0.451. The maximum Gasteiger partial charge on any atom is 0.312 e. The van der Waals surface area contributed by atoms with Crippen molar-refractivity contribution in [3.8, 4) is 0 Å². The second kappa shape index (κ2) is 6.73. The molecule has 5 rings (SSSR count). The van der Waals surface area contributed by atoms with E-state index in [9.17, 15) is 14.7 Å². The minimum absolute atomic E-state index is 0.126. The number of esters is 1. The van der Waals surface area contributed by atoms with Gasteiger partial charge >= 0.3 is 5.97 Å². The molecule has 1 aromatic carbocycles. The lowest BCUT2D eigenvalue weighted by molar-refractivity contribution is -0.195. The number of ether oxygens (including phenoxy) is 1. The monoisotopic (exact) mass is 370 g/mol. The molecular weight excluding hydrogens is 340 g/mol. The van der Waals surface area contributed by atoms with E-state index in [1.165, 1.54) is 0 Å². The minimum atomic E-state index is -0.696. The van der Waals surface area contributed by atoms with Crippen LogP contribution in [0, 0.1) is 17.3 Å². The highest BCUT2D eigenvalue weighted by Gasteiger charge is 2.60. The summed E-state index contributed by atoms with van der Waals surface area (Å²) < 4.78 is 5.56. The van der Waals surface area contributed by atoms with E-state index in [1.54, 1.807) is 0 Å². The predicted molar refractivity (Wildman–Crippen MR) is 103 cm³/mol. The molecule has 4 bridgehead atoms. The van der Waals surface area contributed by atoms with Crippen LogP contribution in [-0.4, -0.2) is 29.1 Å². The van der Waals surface area contributed by atoms with Gasteiger partial charge in [0.2, 0.25) is 5.78 Å². The maximum atomic E-state index is 13.0. The molecule has 4 heteroatoms. The smallest absolute Gasteiger partial charge is 0.312 e. The SMILES string of the molecule is CCc1ccc(CC)c(C(=O)COC(=O)C23C[C@@H]4C[C@@H](CC(O)(C4)C2)C3)c1. The highest BCUT2D eigenvalue weighted by molar-refractivity contribution is 5.99. The van der Waals surface area contributed by atoms with Crippen LogP contribution in [0.5, 0.6) is 0 Å². The van der Waals surface area contributed by atoms with Crippen molar-refractivity contribution in [1.29, 1.82) is 0 Å². The predicted octanol–water partition coefficient (Wildman–Crippen LogP) is 3.87. The van der Waals surface area contributed by atoms with Crippen molar-refractivity contribution >= 4 is 11.8 Å². The molecule has 0 heterocycles. The molecule has 1 aromatic rings. The molecule has 0 saturated heterocycles. The van der Waals surface area contributed by atoms with E-state index in [-0.39, 0.29) is 18.4 Å². The summed E-state index contributed by atoms with van der Waals surface area (Å²) >= 11 is 0. The van der Waals surface area contributed by atoms with Gasteiger partial charge in [-0.25, -0.2) is 0 Å². The molecule has 0 aromatic heterocycles. The second-order valence-electron chi connectivity index (χ2n) is 9.16. The number of hydrogen-bond acceptors (Lipinski definition) is 4. The van der Waals surface area contributed by atoms with Crippen LogP contribution >= 0.6 is 0 Å². The van der Waals surface area contributed by atoms with Crippen LogP contribution in [0.3, 0.4) is 0 Å². The molecule has 4 aliphatic rings. The molecule has 4 saturated carbocycles. The van der Waals surface area contributed by atoms with Gasteiger partial charge in [-0.2, -0.15) is 0 Å². The number of aliphatic hydroxyl groups is 1. The van der Waals surface area contributed by atoms with E-state index >= 15 is 0 Å². The van der Waals surface area contributed by atoms with Crippen LogP contribution in [0.4, 0.5) is 0 Å². The normalized spacial score (nSPS) is 33.9. The fourth-order valence-electron chi connectivity index (χ4n) is 6.23. The lowest BCUT2D eigenvalue weighted by Gasteiger charge is -2.58. The van der Waals surface area contributed by atoms with E-state index in [2.05, 4.69) is 13.0 Å². The number of hydrogen-bond donors (Lipinski definition) is 1. The Morgan fingerprint density at radius 2 is 1.81 bits per heavy atom.